The summed E-state index contributed by atoms with van der Waals surface area (Å²) in [5, 5.41) is 5.70. The molecule has 4 rings (SSSR count). The SMILES string of the molecule is Cc1cccc(N2CCN(C(=O)c3nn(CC(C)C)c(=O)c4ccccc34)CC2)c1C. The van der Waals surface area contributed by atoms with Gasteiger partial charge in [-0.3, -0.25) is 9.59 Å². The van der Waals surface area contributed by atoms with Gasteiger partial charge in [0, 0.05) is 43.8 Å². The van der Waals surface area contributed by atoms with Crippen molar-refractivity contribution in [3.63, 3.8) is 0 Å². The lowest BCUT2D eigenvalue weighted by Crippen LogP contribution is -2.49. The molecule has 1 aromatic heterocycles. The van der Waals surface area contributed by atoms with Gasteiger partial charge in [0.15, 0.2) is 5.69 Å². The number of benzene rings is 2. The Bertz CT molecular complexity index is 1170. The Labute approximate surface area is 183 Å². The summed E-state index contributed by atoms with van der Waals surface area (Å²) in [6.45, 7) is 11.7. The van der Waals surface area contributed by atoms with Gasteiger partial charge in [-0.05, 0) is 43.0 Å². The van der Waals surface area contributed by atoms with Gasteiger partial charge in [0.25, 0.3) is 11.5 Å². The fourth-order valence-corrected chi connectivity index (χ4v) is 4.24. The molecule has 162 valence electrons. The molecule has 1 saturated heterocycles. The van der Waals surface area contributed by atoms with Gasteiger partial charge in [0.2, 0.25) is 0 Å². The average Bonchev–Trinajstić information content (AvgIpc) is 2.77. The molecule has 0 saturated carbocycles. The molecule has 1 aliphatic rings. The van der Waals surface area contributed by atoms with Crippen LogP contribution in [0.25, 0.3) is 10.8 Å². The highest BCUT2D eigenvalue weighted by atomic mass is 16.2. The van der Waals surface area contributed by atoms with Gasteiger partial charge < -0.3 is 9.80 Å². The molecule has 1 amide bonds. The van der Waals surface area contributed by atoms with E-state index >= 15 is 0 Å². The Morgan fingerprint density at radius 1 is 0.968 bits per heavy atom. The Morgan fingerprint density at radius 3 is 2.32 bits per heavy atom. The van der Waals surface area contributed by atoms with Gasteiger partial charge in [0.1, 0.15) is 0 Å². The Hall–Kier alpha value is -3.15. The summed E-state index contributed by atoms with van der Waals surface area (Å²) in [5.74, 6) is 0.157. The van der Waals surface area contributed by atoms with Crippen molar-refractivity contribution in [3.8, 4) is 0 Å². The zero-order chi connectivity index (χ0) is 22.1. The number of nitrogens with zero attached hydrogens (tertiary/aromatic N) is 4. The molecular formula is C25H30N4O2. The molecule has 6 nitrogen and oxygen atoms in total. The van der Waals surface area contributed by atoms with Gasteiger partial charge in [-0.25, -0.2) is 4.68 Å². The summed E-state index contributed by atoms with van der Waals surface area (Å²) in [7, 11) is 0. The standard InChI is InChI=1S/C25H30N4O2/c1-17(2)16-29-24(30)21-10-6-5-9-20(21)23(26-29)25(31)28-14-12-27(13-15-28)22-11-7-8-18(3)19(22)4/h5-11,17H,12-16H2,1-4H3. The fourth-order valence-electron chi connectivity index (χ4n) is 4.24. The molecule has 0 N–H and O–H groups in total. The molecular weight excluding hydrogens is 388 g/mol. The Kier molecular flexibility index (Phi) is 5.81. The fraction of sp³-hybridized carbons (Fsp3) is 0.400. The predicted octanol–water partition coefficient (Wildman–Crippen LogP) is 3.63. The number of fused-ring (bicyclic) bond motifs is 1. The molecule has 0 atom stereocenters. The summed E-state index contributed by atoms with van der Waals surface area (Å²) in [5.41, 5.74) is 4.03. The van der Waals surface area contributed by atoms with E-state index in [0.717, 1.165) is 13.1 Å². The second-order valence-electron chi connectivity index (χ2n) is 8.77. The molecule has 1 aliphatic heterocycles. The smallest absolute Gasteiger partial charge is 0.275 e. The van der Waals surface area contributed by atoms with Crippen LogP contribution >= 0.6 is 0 Å². The van der Waals surface area contributed by atoms with Crippen molar-refractivity contribution in [2.45, 2.75) is 34.2 Å². The van der Waals surface area contributed by atoms with E-state index in [1.807, 2.05) is 36.9 Å². The normalized spacial score (nSPS) is 14.5. The van der Waals surface area contributed by atoms with Crippen molar-refractivity contribution in [1.29, 1.82) is 0 Å². The van der Waals surface area contributed by atoms with Crippen LogP contribution in [0.2, 0.25) is 0 Å². The highest BCUT2D eigenvalue weighted by molar-refractivity contribution is 6.04. The van der Waals surface area contributed by atoms with E-state index in [9.17, 15) is 9.59 Å². The average molecular weight is 419 g/mol. The number of carbonyl (C=O) groups excluding carboxylic acids is 1. The monoisotopic (exact) mass is 418 g/mol. The minimum atomic E-state index is -0.138. The number of rotatable bonds is 4. The first-order valence-electron chi connectivity index (χ1n) is 11.0. The van der Waals surface area contributed by atoms with Gasteiger partial charge >= 0.3 is 0 Å². The van der Waals surface area contributed by atoms with Crippen molar-refractivity contribution >= 4 is 22.4 Å². The first kappa shape index (κ1) is 21.1. The third-order valence-electron chi connectivity index (χ3n) is 6.09. The van der Waals surface area contributed by atoms with Crippen LogP contribution < -0.4 is 10.5 Å². The van der Waals surface area contributed by atoms with Gasteiger partial charge in [-0.1, -0.05) is 44.2 Å². The van der Waals surface area contributed by atoms with E-state index < -0.39 is 0 Å². The molecule has 0 unspecified atom stereocenters. The van der Waals surface area contributed by atoms with Crippen LogP contribution in [0.3, 0.4) is 0 Å². The summed E-state index contributed by atoms with van der Waals surface area (Å²) in [6.07, 6.45) is 0. The second kappa shape index (κ2) is 8.53. The first-order valence-corrected chi connectivity index (χ1v) is 11.0. The highest BCUT2D eigenvalue weighted by Crippen LogP contribution is 2.24. The summed E-state index contributed by atoms with van der Waals surface area (Å²) in [4.78, 5) is 30.5. The molecule has 0 radical (unpaired) electrons. The van der Waals surface area contributed by atoms with E-state index in [4.69, 9.17) is 0 Å². The molecule has 2 aromatic carbocycles. The van der Waals surface area contributed by atoms with Crippen molar-refractivity contribution in [2.75, 3.05) is 31.1 Å². The lowest BCUT2D eigenvalue weighted by molar-refractivity contribution is 0.0740. The van der Waals surface area contributed by atoms with E-state index in [2.05, 4.69) is 42.0 Å². The van der Waals surface area contributed by atoms with E-state index in [1.165, 1.54) is 21.5 Å². The Morgan fingerprint density at radius 2 is 1.65 bits per heavy atom. The van der Waals surface area contributed by atoms with Crippen molar-refractivity contribution in [2.24, 2.45) is 5.92 Å². The predicted molar refractivity (Wildman–Crippen MR) is 125 cm³/mol. The summed E-state index contributed by atoms with van der Waals surface area (Å²) < 4.78 is 1.45. The third-order valence-corrected chi connectivity index (χ3v) is 6.09. The topological polar surface area (TPSA) is 58.4 Å². The summed E-state index contributed by atoms with van der Waals surface area (Å²) in [6, 6.07) is 13.7. The second-order valence-corrected chi connectivity index (χ2v) is 8.77. The number of hydrogen-bond acceptors (Lipinski definition) is 4. The van der Waals surface area contributed by atoms with Gasteiger partial charge in [-0.2, -0.15) is 5.10 Å². The van der Waals surface area contributed by atoms with Crippen LogP contribution in [0.5, 0.6) is 0 Å². The van der Waals surface area contributed by atoms with Crippen molar-refractivity contribution in [1.82, 2.24) is 14.7 Å². The molecule has 2 heterocycles. The molecule has 0 bridgehead atoms. The van der Waals surface area contributed by atoms with E-state index in [1.54, 1.807) is 6.07 Å². The quantitative estimate of drug-likeness (QED) is 0.649. The van der Waals surface area contributed by atoms with Crippen LogP contribution in [-0.2, 0) is 6.54 Å². The molecule has 0 spiro atoms. The van der Waals surface area contributed by atoms with Crippen LogP contribution in [0.4, 0.5) is 5.69 Å². The maximum atomic E-state index is 13.5. The first-order chi connectivity index (χ1) is 14.9. The zero-order valence-corrected chi connectivity index (χ0v) is 18.8. The third kappa shape index (κ3) is 4.07. The van der Waals surface area contributed by atoms with Gasteiger partial charge in [-0.15, -0.1) is 0 Å². The number of aromatic nitrogens is 2. The molecule has 1 fully saturated rings. The van der Waals surface area contributed by atoms with E-state index in [-0.39, 0.29) is 17.4 Å². The molecule has 0 aliphatic carbocycles. The number of anilines is 1. The molecule has 6 heteroatoms. The number of piperazine rings is 1. The minimum absolute atomic E-state index is 0.102. The summed E-state index contributed by atoms with van der Waals surface area (Å²) >= 11 is 0. The number of amides is 1. The molecule has 3 aromatic rings. The van der Waals surface area contributed by atoms with Crippen LogP contribution in [0.1, 0.15) is 35.5 Å². The van der Waals surface area contributed by atoms with Crippen molar-refractivity contribution in [3.05, 3.63) is 69.6 Å². The lowest BCUT2D eigenvalue weighted by atomic mass is 10.1. The van der Waals surface area contributed by atoms with Crippen LogP contribution in [0, 0.1) is 19.8 Å². The minimum Gasteiger partial charge on any atom is -0.368 e. The number of hydrogen-bond donors (Lipinski definition) is 0. The maximum Gasteiger partial charge on any atom is 0.275 e. The van der Waals surface area contributed by atoms with Crippen molar-refractivity contribution < 1.29 is 4.79 Å². The van der Waals surface area contributed by atoms with Crippen LogP contribution in [-0.4, -0.2) is 46.8 Å². The lowest BCUT2D eigenvalue weighted by Gasteiger charge is -2.37. The number of carbonyl (C=O) groups is 1. The largest absolute Gasteiger partial charge is 0.368 e. The van der Waals surface area contributed by atoms with E-state index in [0.29, 0.717) is 36.1 Å². The molecule has 31 heavy (non-hydrogen) atoms. The number of aryl methyl sites for hydroxylation is 1. The van der Waals surface area contributed by atoms with Gasteiger partial charge in [0.05, 0.1) is 5.39 Å². The Balaban J connectivity index is 1.61. The highest BCUT2D eigenvalue weighted by Gasteiger charge is 2.26. The zero-order valence-electron chi connectivity index (χ0n) is 18.8. The maximum absolute atomic E-state index is 13.5. The van der Waals surface area contributed by atoms with Crippen LogP contribution in [0.15, 0.2) is 47.3 Å².